The molecule has 1 aromatic carbocycles. The van der Waals surface area contributed by atoms with E-state index in [1.807, 2.05) is 24.4 Å². The zero-order valence-corrected chi connectivity index (χ0v) is 15.7. The van der Waals surface area contributed by atoms with Crippen molar-refractivity contribution in [3.63, 3.8) is 0 Å². The lowest BCUT2D eigenvalue weighted by Gasteiger charge is -2.06. The van der Waals surface area contributed by atoms with Gasteiger partial charge in [-0.15, -0.1) is 11.3 Å². The number of ether oxygens (including phenoxy) is 1. The normalized spacial score (nSPS) is 12.2. The van der Waals surface area contributed by atoms with Crippen molar-refractivity contribution < 1.29 is 9.53 Å². The van der Waals surface area contributed by atoms with Gasteiger partial charge in [-0.1, -0.05) is 23.5 Å². The summed E-state index contributed by atoms with van der Waals surface area (Å²) in [5.41, 5.74) is 3.54. The van der Waals surface area contributed by atoms with Crippen molar-refractivity contribution in [2.75, 3.05) is 13.2 Å². The molecular weight excluding hydrogens is 340 g/mol. The van der Waals surface area contributed by atoms with Crippen LogP contribution in [-0.2, 0) is 11.3 Å². The van der Waals surface area contributed by atoms with E-state index < -0.39 is 0 Å². The molecule has 24 heavy (non-hydrogen) atoms. The second-order valence-corrected chi connectivity index (χ2v) is 7.48. The number of hydrogen-bond acceptors (Lipinski definition) is 4. The molecule has 6 heteroatoms. The highest BCUT2D eigenvalue weighted by Gasteiger charge is 2.12. The lowest BCUT2D eigenvalue weighted by atomic mass is 10.1. The quantitative estimate of drug-likeness (QED) is 0.641. The van der Waals surface area contributed by atoms with Crippen LogP contribution in [0.25, 0.3) is 10.2 Å². The topological polar surface area (TPSA) is 43.6 Å². The molecular formula is C18H20N2O2S2. The van der Waals surface area contributed by atoms with Gasteiger partial charge in [0.15, 0.2) is 4.80 Å². The number of aryl methyl sites for hydroxylation is 2. The maximum absolute atomic E-state index is 12.4. The average molecular weight is 361 g/mol. The van der Waals surface area contributed by atoms with Crippen molar-refractivity contribution in [1.82, 2.24) is 4.57 Å². The number of carbonyl (C=O) groups excluding carboxylic acids is 1. The Labute approximate surface area is 149 Å². The van der Waals surface area contributed by atoms with E-state index in [9.17, 15) is 4.79 Å². The third-order valence-corrected chi connectivity index (χ3v) is 5.79. The molecule has 2 heterocycles. The van der Waals surface area contributed by atoms with Gasteiger partial charge in [0.25, 0.3) is 5.91 Å². The summed E-state index contributed by atoms with van der Waals surface area (Å²) >= 11 is 2.98. The summed E-state index contributed by atoms with van der Waals surface area (Å²) in [5, 5.41) is 1.89. The van der Waals surface area contributed by atoms with Crippen LogP contribution in [0, 0.1) is 13.8 Å². The van der Waals surface area contributed by atoms with Crippen LogP contribution >= 0.6 is 22.7 Å². The molecule has 1 amide bonds. The monoisotopic (exact) mass is 360 g/mol. The minimum Gasteiger partial charge on any atom is -0.380 e. The Bertz CT molecular complexity index is 921. The van der Waals surface area contributed by atoms with Crippen LogP contribution in [0.2, 0.25) is 0 Å². The molecule has 0 fully saturated rings. The van der Waals surface area contributed by atoms with Crippen LogP contribution in [0.1, 0.15) is 27.7 Å². The number of amides is 1. The van der Waals surface area contributed by atoms with E-state index in [-0.39, 0.29) is 5.91 Å². The maximum Gasteiger partial charge on any atom is 0.289 e. The number of hydrogen-bond donors (Lipinski definition) is 0. The molecule has 126 valence electrons. The Balaban J connectivity index is 2.13. The number of fused-ring (bicyclic) bond motifs is 1. The zero-order valence-electron chi connectivity index (χ0n) is 14.0. The number of rotatable bonds is 5. The summed E-state index contributed by atoms with van der Waals surface area (Å²) in [4.78, 5) is 18.2. The fraction of sp³-hybridized carbons (Fsp3) is 0.333. The average Bonchev–Trinajstić information content (AvgIpc) is 3.17. The van der Waals surface area contributed by atoms with Crippen LogP contribution in [0.4, 0.5) is 0 Å². The highest BCUT2D eigenvalue weighted by Crippen LogP contribution is 2.23. The lowest BCUT2D eigenvalue weighted by molar-refractivity contribution is 0.100. The molecule has 0 atom stereocenters. The SMILES string of the molecule is CCOCCn1c(=NC(=O)c2cccs2)sc2c(C)cc(C)cc21. The van der Waals surface area contributed by atoms with Crippen molar-refractivity contribution in [3.05, 3.63) is 50.5 Å². The van der Waals surface area contributed by atoms with E-state index in [1.165, 1.54) is 27.2 Å². The molecule has 0 unspecified atom stereocenters. The Morgan fingerprint density at radius 1 is 1.33 bits per heavy atom. The largest absolute Gasteiger partial charge is 0.380 e. The van der Waals surface area contributed by atoms with Gasteiger partial charge < -0.3 is 9.30 Å². The first-order valence-corrected chi connectivity index (χ1v) is 9.60. The van der Waals surface area contributed by atoms with Crippen LogP contribution in [-0.4, -0.2) is 23.7 Å². The van der Waals surface area contributed by atoms with E-state index >= 15 is 0 Å². The van der Waals surface area contributed by atoms with Gasteiger partial charge in [0.1, 0.15) is 0 Å². The molecule has 0 saturated carbocycles. The number of aromatic nitrogens is 1. The molecule has 3 rings (SSSR count). The van der Waals surface area contributed by atoms with Crippen molar-refractivity contribution in [2.24, 2.45) is 4.99 Å². The van der Waals surface area contributed by atoms with Crippen molar-refractivity contribution in [3.8, 4) is 0 Å². The maximum atomic E-state index is 12.4. The second-order valence-electron chi connectivity index (χ2n) is 5.56. The van der Waals surface area contributed by atoms with Crippen LogP contribution in [0.3, 0.4) is 0 Å². The fourth-order valence-corrected chi connectivity index (χ4v) is 4.37. The molecule has 0 radical (unpaired) electrons. The van der Waals surface area contributed by atoms with Gasteiger partial charge >= 0.3 is 0 Å². The summed E-state index contributed by atoms with van der Waals surface area (Å²) in [7, 11) is 0. The van der Waals surface area contributed by atoms with Crippen LogP contribution in [0.5, 0.6) is 0 Å². The molecule has 0 aliphatic heterocycles. The molecule has 0 aliphatic rings. The molecule has 4 nitrogen and oxygen atoms in total. The highest BCUT2D eigenvalue weighted by atomic mass is 32.1. The van der Waals surface area contributed by atoms with Crippen LogP contribution < -0.4 is 4.80 Å². The van der Waals surface area contributed by atoms with E-state index in [1.54, 1.807) is 11.3 Å². The predicted octanol–water partition coefficient (Wildman–Crippen LogP) is 4.16. The standard InChI is InChI=1S/C18H20N2O2S2/c1-4-22-8-7-20-14-11-12(2)10-13(3)16(14)24-18(20)19-17(21)15-6-5-9-23-15/h5-6,9-11H,4,7-8H2,1-3H3. The highest BCUT2D eigenvalue weighted by molar-refractivity contribution is 7.16. The number of thiazole rings is 1. The third kappa shape index (κ3) is 3.50. The van der Waals surface area contributed by atoms with Crippen molar-refractivity contribution >= 4 is 38.8 Å². The molecule has 3 aromatic rings. The number of nitrogens with zero attached hydrogens (tertiary/aromatic N) is 2. The molecule has 2 aromatic heterocycles. The second kappa shape index (κ2) is 7.42. The first kappa shape index (κ1) is 17.1. The van der Waals surface area contributed by atoms with E-state index in [4.69, 9.17) is 4.74 Å². The van der Waals surface area contributed by atoms with Gasteiger partial charge in [-0.25, -0.2) is 0 Å². The van der Waals surface area contributed by atoms with Crippen molar-refractivity contribution in [1.29, 1.82) is 0 Å². The minimum absolute atomic E-state index is 0.184. The number of carbonyl (C=O) groups is 1. The Hall–Kier alpha value is -1.76. The van der Waals surface area contributed by atoms with Gasteiger partial charge in [0.05, 0.1) is 21.7 Å². The van der Waals surface area contributed by atoms with Crippen molar-refractivity contribution in [2.45, 2.75) is 27.3 Å². The Kier molecular flexibility index (Phi) is 5.28. The van der Waals surface area contributed by atoms with Gasteiger partial charge in [0, 0.05) is 13.2 Å². The fourth-order valence-electron chi connectivity index (χ4n) is 2.66. The van der Waals surface area contributed by atoms with E-state index in [0.29, 0.717) is 24.6 Å². The Morgan fingerprint density at radius 3 is 2.88 bits per heavy atom. The summed E-state index contributed by atoms with van der Waals surface area (Å²) in [6, 6.07) is 7.99. The predicted molar refractivity (Wildman–Crippen MR) is 100.0 cm³/mol. The summed E-state index contributed by atoms with van der Waals surface area (Å²) in [5.74, 6) is -0.184. The van der Waals surface area contributed by atoms with Gasteiger partial charge in [-0.3, -0.25) is 4.79 Å². The number of thiophene rings is 1. The minimum atomic E-state index is -0.184. The first-order chi connectivity index (χ1) is 11.6. The smallest absolute Gasteiger partial charge is 0.289 e. The summed E-state index contributed by atoms with van der Waals surface area (Å²) < 4.78 is 8.78. The molecule has 0 bridgehead atoms. The summed E-state index contributed by atoms with van der Waals surface area (Å²) in [6.45, 7) is 8.15. The van der Waals surface area contributed by atoms with Gasteiger partial charge in [-0.05, 0) is 49.4 Å². The van der Waals surface area contributed by atoms with Gasteiger partial charge in [0.2, 0.25) is 0 Å². The summed E-state index contributed by atoms with van der Waals surface area (Å²) in [6.07, 6.45) is 0. The molecule has 0 aliphatic carbocycles. The molecule has 0 saturated heterocycles. The Morgan fingerprint density at radius 2 is 2.17 bits per heavy atom. The number of benzene rings is 1. The van der Waals surface area contributed by atoms with E-state index in [2.05, 4.69) is 35.5 Å². The van der Waals surface area contributed by atoms with Crippen LogP contribution in [0.15, 0.2) is 34.6 Å². The van der Waals surface area contributed by atoms with Gasteiger partial charge in [-0.2, -0.15) is 4.99 Å². The lowest BCUT2D eigenvalue weighted by Crippen LogP contribution is -2.19. The third-order valence-electron chi connectivity index (χ3n) is 3.71. The first-order valence-electron chi connectivity index (χ1n) is 7.91. The van der Waals surface area contributed by atoms with E-state index in [0.717, 1.165) is 10.3 Å². The zero-order chi connectivity index (χ0) is 17.1. The molecule has 0 N–H and O–H groups in total. The molecule has 0 spiro atoms.